The minimum atomic E-state index is -1.15. The van der Waals surface area contributed by atoms with Crippen molar-refractivity contribution < 1.29 is 38.1 Å². The molecule has 2 aliphatic rings. The summed E-state index contributed by atoms with van der Waals surface area (Å²) in [5.41, 5.74) is 2.71. The van der Waals surface area contributed by atoms with E-state index in [2.05, 4.69) is 9.80 Å². The van der Waals surface area contributed by atoms with Crippen molar-refractivity contribution in [2.24, 2.45) is 0 Å². The molecule has 2 fully saturated rings. The third-order valence-corrected chi connectivity index (χ3v) is 14.2. The predicted molar refractivity (Wildman–Crippen MR) is 270 cm³/mol. The molecule has 12 nitrogen and oxygen atoms in total. The highest BCUT2D eigenvalue weighted by molar-refractivity contribution is 6.05. The lowest BCUT2D eigenvalue weighted by atomic mass is 9.80. The molecule has 12 heteroatoms. The summed E-state index contributed by atoms with van der Waals surface area (Å²) in [6.45, 7) is 17.5. The summed E-state index contributed by atoms with van der Waals surface area (Å²) in [5.74, 6) is -0.521. The van der Waals surface area contributed by atoms with Gasteiger partial charge in [-0.2, -0.15) is 0 Å². The molecule has 68 heavy (non-hydrogen) atoms. The summed E-state index contributed by atoms with van der Waals surface area (Å²) in [4.78, 5) is 64.3. The fraction of sp³-hybridized carbons (Fsp3) is 0.500. The van der Waals surface area contributed by atoms with Crippen molar-refractivity contribution in [2.45, 2.75) is 95.9 Å². The van der Waals surface area contributed by atoms with Crippen LogP contribution in [0.2, 0.25) is 0 Å². The normalized spacial score (nSPS) is 16.6. The van der Waals surface area contributed by atoms with Gasteiger partial charge in [-0.3, -0.25) is 24.2 Å². The molecule has 4 aromatic rings. The molecule has 0 N–H and O–H groups in total. The average molecular weight is 931 g/mol. The summed E-state index contributed by atoms with van der Waals surface area (Å²) in [5, 5.41) is 0. The Labute approximate surface area is 404 Å². The molecular weight excluding hydrogens is 857 g/mol. The van der Waals surface area contributed by atoms with Crippen LogP contribution in [0.4, 0.5) is 11.4 Å². The van der Waals surface area contributed by atoms with E-state index in [1.807, 2.05) is 151 Å². The molecule has 2 saturated heterocycles. The smallest absolute Gasteiger partial charge is 0.338 e. The molecule has 0 aromatic heterocycles. The van der Waals surface area contributed by atoms with E-state index in [1.54, 1.807) is 26.0 Å². The summed E-state index contributed by atoms with van der Waals surface area (Å²) in [6.07, 6.45) is 2.52. The molecule has 0 spiro atoms. The lowest BCUT2D eigenvalue weighted by Crippen LogP contribution is -2.52. The number of esters is 1. The number of ether oxygens (including phenoxy) is 4. The number of anilines is 2. The van der Waals surface area contributed by atoms with Crippen molar-refractivity contribution in [1.29, 1.82) is 0 Å². The SMILES string of the molecule is CCC(Cc1ccc(C(=O)OC(C)(C)CCOC(C)(C)C(=O)c2ccc(CC(CC)(C(=O)c3ccc(N4CCOCC4)cc3)N(C)C)cc2)cc1)(C(=O)c1ccc(N2CCOCC2)cc1)N(C)C. The molecule has 0 amide bonds. The van der Waals surface area contributed by atoms with Crippen LogP contribution < -0.4 is 9.80 Å². The Morgan fingerprint density at radius 1 is 0.529 bits per heavy atom. The van der Waals surface area contributed by atoms with Crippen molar-refractivity contribution in [3.63, 3.8) is 0 Å². The lowest BCUT2D eigenvalue weighted by Gasteiger charge is -2.38. The zero-order chi connectivity index (χ0) is 49.3. The Balaban J connectivity index is 1.01. The largest absolute Gasteiger partial charge is 0.456 e. The van der Waals surface area contributed by atoms with Crippen LogP contribution in [-0.2, 0) is 31.8 Å². The Hall–Kier alpha value is -5.24. The van der Waals surface area contributed by atoms with E-state index in [1.165, 1.54) is 0 Å². The first-order chi connectivity index (χ1) is 32.3. The summed E-state index contributed by atoms with van der Waals surface area (Å²) in [6, 6.07) is 30.5. The minimum Gasteiger partial charge on any atom is -0.456 e. The number of likely N-dealkylation sites (N-methyl/N-ethyl adjacent to an activating group) is 2. The zero-order valence-electron chi connectivity index (χ0n) is 42.2. The van der Waals surface area contributed by atoms with Gasteiger partial charge in [0, 0.05) is 60.7 Å². The molecule has 6 rings (SSSR count). The maximum absolute atomic E-state index is 14.2. The van der Waals surface area contributed by atoms with Gasteiger partial charge >= 0.3 is 5.97 Å². The van der Waals surface area contributed by atoms with Crippen molar-refractivity contribution in [3.8, 4) is 0 Å². The number of hydrogen-bond acceptors (Lipinski definition) is 12. The molecule has 0 bridgehead atoms. The number of carbonyl (C=O) groups is 4. The fourth-order valence-corrected chi connectivity index (χ4v) is 9.45. The maximum Gasteiger partial charge on any atom is 0.338 e. The number of hydrogen-bond donors (Lipinski definition) is 0. The number of nitrogens with zero attached hydrogens (tertiary/aromatic N) is 4. The Morgan fingerprint density at radius 3 is 1.25 bits per heavy atom. The van der Waals surface area contributed by atoms with Gasteiger partial charge in [0.25, 0.3) is 0 Å². The second-order valence-electron chi connectivity index (χ2n) is 19.8. The van der Waals surface area contributed by atoms with Gasteiger partial charge in [-0.1, -0.05) is 50.2 Å². The van der Waals surface area contributed by atoms with Crippen LogP contribution in [0.5, 0.6) is 0 Å². The van der Waals surface area contributed by atoms with E-state index in [9.17, 15) is 19.2 Å². The van der Waals surface area contributed by atoms with Crippen LogP contribution in [0.3, 0.4) is 0 Å². The second-order valence-corrected chi connectivity index (χ2v) is 19.8. The molecule has 2 aliphatic heterocycles. The van der Waals surface area contributed by atoms with Gasteiger partial charge < -0.3 is 28.7 Å². The average Bonchev–Trinajstić information content (AvgIpc) is 3.34. The molecule has 366 valence electrons. The third-order valence-electron chi connectivity index (χ3n) is 14.2. The number of ketones is 3. The van der Waals surface area contributed by atoms with Crippen molar-refractivity contribution >= 4 is 34.7 Å². The maximum atomic E-state index is 14.2. The van der Waals surface area contributed by atoms with Crippen LogP contribution in [0.1, 0.15) is 113 Å². The molecular formula is C56H74N4O8. The van der Waals surface area contributed by atoms with Crippen LogP contribution in [-0.4, -0.2) is 143 Å². The fourth-order valence-electron chi connectivity index (χ4n) is 9.45. The number of rotatable bonds is 22. The van der Waals surface area contributed by atoms with E-state index in [0.717, 1.165) is 48.7 Å². The van der Waals surface area contributed by atoms with Gasteiger partial charge in [0.1, 0.15) is 11.2 Å². The standard InChI is InChI=1S/C56H74N4O8/c1-11-55(57(7)8,50(62)44-21-25-47(26-22-44)59-30-35-65-36-31-59)39-41-13-17-43(18-14-41)49(61)54(5,6)67-34-29-53(3,4)68-52(64)46-19-15-42(16-20-46)40-56(12-2,58(9)10)51(63)45-23-27-48(28-24-45)60-32-37-66-38-33-60/h13-28H,11-12,29-40H2,1-10H3. The van der Waals surface area contributed by atoms with E-state index < -0.39 is 28.2 Å². The molecule has 0 radical (unpaired) electrons. The molecule has 0 saturated carbocycles. The summed E-state index contributed by atoms with van der Waals surface area (Å²) < 4.78 is 23.2. The van der Waals surface area contributed by atoms with E-state index in [0.29, 0.717) is 80.8 Å². The minimum absolute atomic E-state index is 0.0552. The Morgan fingerprint density at radius 2 is 0.882 bits per heavy atom. The molecule has 2 unspecified atom stereocenters. The van der Waals surface area contributed by atoms with E-state index in [-0.39, 0.29) is 24.0 Å². The zero-order valence-corrected chi connectivity index (χ0v) is 42.2. The van der Waals surface area contributed by atoms with Crippen LogP contribution in [0, 0.1) is 0 Å². The topological polar surface area (TPSA) is 118 Å². The molecule has 2 atom stereocenters. The highest BCUT2D eigenvalue weighted by atomic mass is 16.6. The predicted octanol–water partition coefficient (Wildman–Crippen LogP) is 8.64. The van der Waals surface area contributed by atoms with Crippen LogP contribution in [0.15, 0.2) is 97.1 Å². The van der Waals surface area contributed by atoms with Gasteiger partial charge in [0.05, 0.1) is 49.7 Å². The Bertz CT molecular complexity index is 2310. The monoisotopic (exact) mass is 931 g/mol. The Kier molecular flexibility index (Phi) is 17.2. The van der Waals surface area contributed by atoms with E-state index in [4.69, 9.17) is 18.9 Å². The molecule has 4 aromatic carbocycles. The lowest BCUT2D eigenvalue weighted by molar-refractivity contribution is -0.0438. The second kappa shape index (κ2) is 22.5. The van der Waals surface area contributed by atoms with Crippen LogP contribution >= 0.6 is 0 Å². The molecule has 0 aliphatic carbocycles. The molecule has 2 heterocycles. The summed E-state index contributed by atoms with van der Waals surface area (Å²) >= 11 is 0. The number of benzene rings is 4. The highest BCUT2D eigenvalue weighted by Gasteiger charge is 2.41. The van der Waals surface area contributed by atoms with Gasteiger partial charge in [0.15, 0.2) is 17.3 Å². The number of carbonyl (C=O) groups excluding carboxylic acids is 4. The summed E-state index contributed by atoms with van der Waals surface area (Å²) in [7, 11) is 7.78. The first-order valence-corrected chi connectivity index (χ1v) is 24.2. The number of morpholine rings is 2. The first-order valence-electron chi connectivity index (χ1n) is 24.2. The van der Waals surface area contributed by atoms with Gasteiger partial charge in [-0.05, 0) is 153 Å². The third kappa shape index (κ3) is 12.1. The van der Waals surface area contributed by atoms with Crippen LogP contribution in [0.25, 0.3) is 0 Å². The van der Waals surface area contributed by atoms with Crippen molar-refractivity contribution in [2.75, 3.05) is 97.2 Å². The highest BCUT2D eigenvalue weighted by Crippen LogP contribution is 2.32. The quantitative estimate of drug-likeness (QED) is 0.0555. The van der Waals surface area contributed by atoms with Gasteiger partial charge in [-0.15, -0.1) is 0 Å². The first kappa shape index (κ1) is 52.1. The van der Waals surface area contributed by atoms with Crippen molar-refractivity contribution in [1.82, 2.24) is 9.80 Å². The van der Waals surface area contributed by atoms with Gasteiger partial charge in [-0.25, -0.2) is 4.79 Å². The van der Waals surface area contributed by atoms with Crippen molar-refractivity contribution in [3.05, 3.63) is 130 Å². The van der Waals surface area contributed by atoms with E-state index >= 15 is 0 Å². The van der Waals surface area contributed by atoms with Gasteiger partial charge in [0.2, 0.25) is 0 Å². The number of Topliss-reactive ketones (excluding diaryl/α,β-unsaturated/α-hetero) is 3.